The van der Waals surface area contributed by atoms with E-state index in [4.69, 9.17) is 4.74 Å². The summed E-state index contributed by atoms with van der Waals surface area (Å²) >= 11 is 0. The molecule has 0 aromatic carbocycles. The number of hydrogen-bond donors (Lipinski definition) is 1. The van der Waals surface area contributed by atoms with Crippen LogP contribution in [-0.2, 0) is 4.74 Å². The first-order valence-electron chi connectivity index (χ1n) is 6.21. The van der Waals surface area contributed by atoms with Crippen molar-refractivity contribution < 1.29 is 4.74 Å². The summed E-state index contributed by atoms with van der Waals surface area (Å²) in [6, 6.07) is 0.729. The predicted molar refractivity (Wildman–Crippen MR) is 64.2 cm³/mol. The van der Waals surface area contributed by atoms with Crippen molar-refractivity contribution in [1.29, 1.82) is 0 Å². The maximum atomic E-state index is 5.18. The Morgan fingerprint density at radius 1 is 1.47 bits per heavy atom. The van der Waals surface area contributed by atoms with E-state index in [0.29, 0.717) is 5.92 Å². The van der Waals surface area contributed by atoms with Gasteiger partial charge in [0.1, 0.15) is 0 Å². The van der Waals surface area contributed by atoms with Crippen molar-refractivity contribution in [3.63, 3.8) is 0 Å². The minimum absolute atomic E-state index is 0.646. The molecule has 0 saturated carbocycles. The second-order valence-electron chi connectivity index (χ2n) is 4.71. The molecule has 3 nitrogen and oxygen atoms in total. The fourth-order valence-electron chi connectivity index (χ4n) is 2.29. The van der Waals surface area contributed by atoms with E-state index < -0.39 is 0 Å². The Hall–Kier alpha value is -0.120. The number of nitrogens with zero attached hydrogens (tertiary/aromatic N) is 1. The molecule has 0 bridgehead atoms. The molecule has 0 aliphatic carbocycles. The van der Waals surface area contributed by atoms with Gasteiger partial charge < -0.3 is 15.0 Å². The lowest BCUT2D eigenvalue weighted by Crippen LogP contribution is -2.33. The fraction of sp³-hybridized carbons (Fsp3) is 1.00. The van der Waals surface area contributed by atoms with Crippen molar-refractivity contribution in [3.05, 3.63) is 0 Å². The lowest BCUT2D eigenvalue weighted by Gasteiger charge is -2.23. The minimum Gasteiger partial charge on any atom is -0.384 e. The summed E-state index contributed by atoms with van der Waals surface area (Å²) in [6.07, 6.45) is 2.54. The SMILES string of the molecule is CCC1CCN(CC(C)COC)CCN1. The molecule has 2 unspecified atom stereocenters. The number of hydrogen-bond acceptors (Lipinski definition) is 3. The van der Waals surface area contributed by atoms with Crippen molar-refractivity contribution in [2.75, 3.05) is 39.9 Å². The average molecular weight is 214 g/mol. The molecule has 1 heterocycles. The third-order valence-electron chi connectivity index (χ3n) is 3.17. The molecule has 0 spiro atoms. The zero-order chi connectivity index (χ0) is 11.1. The van der Waals surface area contributed by atoms with Crippen LogP contribution in [-0.4, -0.2) is 50.8 Å². The molecule has 0 aromatic heterocycles. The van der Waals surface area contributed by atoms with Gasteiger partial charge >= 0.3 is 0 Å². The predicted octanol–water partition coefficient (Wildman–Crippen LogP) is 1.34. The van der Waals surface area contributed by atoms with Gasteiger partial charge in [-0.15, -0.1) is 0 Å². The van der Waals surface area contributed by atoms with E-state index in [1.807, 2.05) is 0 Å². The molecule has 0 aromatic rings. The third kappa shape index (κ3) is 4.96. The Labute approximate surface area is 94.2 Å². The fourth-order valence-corrected chi connectivity index (χ4v) is 2.29. The average Bonchev–Trinajstić information content (AvgIpc) is 2.43. The molecule has 1 rings (SSSR count). The molecule has 90 valence electrons. The number of methoxy groups -OCH3 is 1. The molecule has 15 heavy (non-hydrogen) atoms. The Morgan fingerprint density at radius 3 is 2.93 bits per heavy atom. The summed E-state index contributed by atoms with van der Waals surface area (Å²) < 4.78 is 5.18. The quantitative estimate of drug-likeness (QED) is 0.747. The van der Waals surface area contributed by atoms with Gasteiger partial charge in [-0.3, -0.25) is 0 Å². The van der Waals surface area contributed by atoms with Gasteiger partial charge in [0.2, 0.25) is 0 Å². The van der Waals surface area contributed by atoms with Gasteiger partial charge in [-0.25, -0.2) is 0 Å². The molecule has 0 amide bonds. The van der Waals surface area contributed by atoms with E-state index in [1.165, 1.54) is 32.5 Å². The molecule has 1 aliphatic rings. The molecular formula is C12H26N2O. The van der Waals surface area contributed by atoms with Gasteiger partial charge in [0, 0.05) is 39.4 Å². The Balaban J connectivity index is 2.24. The zero-order valence-corrected chi connectivity index (χ0v) is 10.5. The summed E-state index contributed by atoms with van der Waals surface area (Å²) in [7, 11) is 1.79. The molecule has 1 saturated heterocycles. The number of rotatable bonds is 5. The normalized spacial score (nSPS) is 26.2. The summed E-state index contributed by atoms with van der Waals surface area (Å²) in [4.78, 5) is 2.56. The summed E-state index contributed by atoms with van der Waals surface area (Å²) in [5.41, 5.74) is 0. The molecule has 1 N–H and O–H groups in total. The van der Waals surface area contributed by atoms with Crippen molar-refractivity contribution in [2.45, 2.75) is 32.7 Å². The van der Waals surface area contributed by atoms with Crippen LogP contribution in [0.4, 0.5) is 0 Å². The highest BCUT2D eigenvalue weighted by molar-refractivity contribution is 4.74. The summed E-state index contributed by atoms with van der Waals surface area (Å²) in [5, 5.41) is 3.59. The molecule has 1 aliphatic heterocycles. The standard InChI is InChI=1S/C12H26N2O/c1-4-12-5-7-14(8-6-13-12)9-11(2)10-15-3/h11-13H,4-10H2,1-3H3. The third-order valence-corrected chi connectivity index (χ3v) is 3.17. The van der Waals surface area contributed by atoms with Crippen LogP contribution in [0.1, 0.15) is 26.7 Å². The van der Waals surface area contributed by atoms with Crippen molar-refractivity contribution in [3.8, 4) is 0 Å². The number of nitrogens with one attached hydrogen (secondary N) is 1. The highest BCUT2D eigenvalue weighted by atomic mass is 16.5. The Kier molecular flexibility index (Phi) is 6.22. The van der Waals surface area contributed by atoms with E-state index in [9.17, 15) is 0 Å². The van der Waals surface area contributed by atoms with Crippen molar-refractivity contribution in [2.24, 2.45) is 5.92 Å². The van der Waals surface area contributed by atoms with Crippen LogP contribution in [0.5, 0.6) is 0 Å². The second kappa shape index (κ2) is 7.20. The van der Waals surface area contributed by atoms with Crippen molar-refractivity contribution in [1.82, 2.24) is 10.2 Å². The highest BCUT2D eigenvalue weighted by Crippen LogP contribution is 2.07. The largest absolute Gasteiger partial charge is 0.384 e. The van der Waals surface area contributed by atoms with Gasteiger partial charge in [-0.05, 0) is 25.3 Å². The van der Waals surface area contributed by atoms with Crippen LogP contribution in [0.15, 0.2) is 0 Å². The summed E-state index contributed by atoms with van der Waals surface area (Å²) in [5.74, 6) is 0.646. The van der Waals surface area contributed by atoms with Gasteiger partial charge in [0.05, 0.1) is 0 Å². The van der Waals surface area contributed by atoms with E-state index in [1.54, 1.807) is 7.11 Å². The minimum atomic E-state index is 0.646. The first-order valence-corrected chi connectivity index (χ1v) is 6.21. The first kappa shape index (κ1) is 12.9. The van der Waals surface area contributed by atoms with Crippen molar-refractivity contribution >= 4 is 0 Å². The maximum Gasteiger partial charge on any atom is 0.0500 e. The van der Waals surface area contributed by atoms with Gasteiger partial charge in [-0.1, -0.05) is 13.8 Å². The topological polar surface area (TPSA) is 24.5 Å². The molecule has 3 heteroatoms. The van der Waals surface area contributed by atoms with E-state index >= 15 is 0 Å². The van der Waals surface area contributed by atoms with Gasteiger partial charge in [0.25, 0.3) is 0 Å². The van der Waals surface area contributed by atoms with E-state index in [-0.39, 0.29) is 0 Å². The zero-order valence-electron chi connectivity index (χ0n) is 10.5. The highest BCUT2D eigenvalue weighted by Gasteiger charge is 2.16. The van der Waals surface area contributed by atoms with E-state index in [0.717, 1.165) is 19.2 Å². The van der Waals surface area contributed by atoms with Crippen LogP contribution in [0.3, 0.4) is 0 Å². The van der Waals surface area contributed by atoms with Crippen LogP contribution < -0.4 is 5.32 Å². The molecule has 0 radical (unpaired) electrons. The smallest absolute Gasteiger partial charge is 0.0500 e. The van der Waals surface area contributed by atoms with Crippen LogP contribution in [0.25, 0.3) is 0 Å². The number of ether oxygens (including phenoxy) is 1. The lowest BCUT2D eigenvalue weighted by molar-refractivity contribution is 0.131. The van der Waals surface area contributed by atoms with Gasteiger partial charge in [0.15, 0.2) is 0 Å². The second-order valence-corrected chi connectivity index (χ2v) is 4.71. The monoisotopic (exact) mass is 214 g/mol. The van der Waals surface area contributed by atoms with Crippen LogP contribution in [0.2, 0.25) is 0 Å². The Morgan fingerprint density at radius 2 is 2.27 bits per heavy atom. The Bertz CT molecular complexity index is 164. The maximum absolute atomic E-state index is 5.18. The molecule has 2 atom stereocenters. The molecular weight excluding hydrogens is 188 g/mol. The van der Waals surface area contributed by atoms with Crippen LogP contribution >= 0.6 is 0 Å². The molecule has 1 fully saturated rings. The first-order chi connectivity index (χ1) is 7.26. The van der Waals surface area contributed by atoms with E-state index in [2.05, 4.69) is 24.1 Å². The lowest BCUT2D eigenvalue weighted by atomic mass is 10.1. The van der Waals surface area contributed by atoms with Gasteiger partial charge in [-0.2, -0.15) is 0 Å². The summed E-state index contributed by atoms with van der Waals surface area (Å²) in [6.45, 7) is 10.1. The van der Waals surface area contributed by atoms with Crippen LogP contribution in [0, 0.1) is 5.92 Å².